The summed E-state index contributed by atoms with van der Waals surface area (Å²) in [5, 5.41) is 10.0. The smallest absolute Gasteiger partial charge is 0.252 e. The summed E-state index contributed by atoms with van der Waals surface area (Å²) in [6.45, 7) is 1.67. The van der Waals surface area contributed by atoms with Gasteiger partial charge in [0.1, 0.15) is 11.5 Å². The molecule has 0 saturated carbocycles. The number of carbonyl (C=O) groups excluding carboxylic acids is 1. The van der Waals surface area contributed by atoms with Gasteiger partial charge in [-0.2, -0.15) is 5.10 Å². The van der Waals surface area contributed by atoms with Crippen LogP contribution in [0.2, 0.25) is 5.15 Å². The highest BCUT2D eigenvalue weighted by Crippen LogP contribution is 2.37. The molecule has 9 heteroatoms. The Balaban J connectivity index is 2.11. The van der Waals surface area contributed by atoms with Crippen molar-refractivity contribution in [1.82, 2.24) is 20.2 Å². The summed E-state index contributed by atoms with van der Waals surface area (Å²) in [4.78, 5) is 20.0. The van der Waals surface area contributed by atoms with Crippen molar-refractivity contribution in [2.24, 2.45) is 5.73 Å². The van der Waals surface area contributed by atoms with Crippen LogP contribution in [-0.4, -0.2) is 33.2 Å². The van der Waals surface area contributed by atoms with Crippen LogP contribution in [0.4, 0.5) is 11.4 Å². The number of anilines is 2. The van der Waals surface area contributed by atoms with E-state index in [1.54, 1.807) is 20.1 Å². The number of primary amides is 1. The highest BCUT2D eigenvalue weighted by Gasteiger charge is 2.18. The van der Waals surface area contributed by atoms with E-state index in [0.29, 0.717) is 34.2 Å². The van der Waals surface area contributed by atoms with Gasteiger partial charge in [0.15, 0.2) is 11.6 Å². The SMILES string of the molecule is COc1c(Nc2cc(Cl)nc(C)c2C(N)=O)cccc1-c1ncn[nH]1. The molecule has 3 aromatic rings. The van der Waals surface area contributed by atoms with Gasteiger partial charge in [-0.25, -0.2) is 9.97 Å². The molecule has 0 aliphatic heterocycles. The predicted molar refractivity (Wildman–Crippen MR) is 94.2 cm³/mol. The molecule has 25 heavy (non-hydrogen) atoms. The van der Waals surface area contributed by atoms with Gasteiger partial charge in [-0.3, -0.25) is 9.89 Å². The number of benzene rings is 1. The van der Waals surface area contributed by atoms with Gasteiger partial charge >= 0.3 is 0 Å². The third-order valence-corrected chi connectivity index (χ3v) is 3.77. The Hall–Kier alpha value is -3.13. The highest BCUT2D eigenvalue weighted by molar-refractivity contribution is 6.30. The topological polar surface area (TPSA) is 119 Å². The summed E-state index contributed by atoms with van der Waals surface area (Å²) in [6.07, 6.45) is 1.41. The van der Waals surface area contributed by atoms with E-state index >= 15 is 0 Å². The number of carbonyl (C=O) groups is 1. The highest BCUT2D eigenvalue weighted by atomic mass is 35.5. The molecule has 1 aromatic carbocycles. The number of para-hydroxylation sites is 1. The Kier molecular flexibility index (Phi) is 4.53. The van der Waals surface area contributed by atoms with Crippen LogP contribution in [-0.2, 0) is 0 Å². The van der Waals surface area contributed by atoms with Crippen LogP contribution in [0.25, 0.3) is 11.4 Å². The zero-order valence-corrected chi connectivity index (χ0v) is 14.3. The normalized spacial score (nSPS) is 10.5. The first-order valence-electron chi connectivity index (χ1n) is 7.28. The Labute approximate surface area is 148 Å². The average molecular weight is 359 g/mol. The molecule has 4 N–H and O–H groups in total. The Morgan fingerprint density at radius 1 is 1.36 bits per heavy atom. The van der Waals surface area contributed by atoms with E-state index in [9.17, 15) is 4.79 Å². The van der Waals surface area contributed by atoms with Crippen molar-refractivity contribution in [3.63, 3.8) is 0 Å². The minimum atomic E-state index is -0.602. The second-order valence-electron chi connectivity index (χ2n) is 5.16. The van der Waals surface area contributed by atoms with Crippen molar-refractivity contribution in [3.05, 3.63) is 47.0 Å². The number of rotatable bonds is 5. The molecule has 0 aliphatic carbocycles. The van der Waals surface area contributed by atoms with Gasteiger partial charge in [0, 0.05) is 0 Å². The molecule has 0 bridgehead atoms. The largest absolute Gasteiger partial charge is 0.494 e. The number of aryl methyl sites for hydroxylation is 1. The molecule has 2 heterocycles. The molecule has 0 atom stereocenters. The molecule has 0 radical (unpaired) electrons. The number of nitrogens with two attached hydrogens (primary N) is 1. The summed E-state index contributed by atoms with van der Waals surface area (Å²) in [5.74, 6) is 0.481. The number of H-pyrrole nitrogens is 1. The average Bonchev–Trinajstić information content (AvgIpc) is 3.07. The van der Waals surface area contributed by atoms with Crippen LogP contribution in [0.15, 0.2) is 30.6 Å². The number of hydrogen-bond acceptors (Lipinski definition) is 6. The summed E-state index contributed by atoms with van der Waals surface area (Å²) < 4.78 is 5.52. The third kappa shape index (κ3) is 3.24. The zero-order chi connectivity index (χ0) is 18.0. The summed E-state index contributed by atoms with van der Waals surface area (Å²) in [6, 6.07) is 6.99. The van der Waals surface area contributed by atoms with Gasteiger partial charge < -0.3 is 15.8 Å². The van der Waals surface area contributed by atoms with Gasteiger partial charge in [-0.15, -0.1) is 0 Å². The lowest BCUT2D eigenvalue weighted by Gasteiger charge is -2.16. The maximum atomic E-state index is 11.8. The molecule has 0 aliphatic rings. The van der Waals surface area contributed by atoms with E-state index in [2.05, 4.69) is 25.5 Å². The minimum absolute atomic E-state index is 0.246. The van der Waals surface area contributed by atoms with Gasteiger partial charge in [0.05, 0.1) is 35.3 Å². The Morgan fingerprint density at radius 2 is 2.16 bits per heavy atom. The number of aromatic nitrogens is 4. The molecule has 0 saturated heterocycles. The van der Waals surface area contributed by atoms with Crippen molar-refractivity contribution in [2.45, 2.75) is 6.92 Å². The van der Waals surface area contributed by atoms with E-state index in [1.165, 1.54) is 12.4 Å². The molecule has 1 amide bonds. The monoisotopic (exact) mass is 358 g/mol. The summed E-state index contributed by atoms with van der Waals surface area (Å²) >= 11 is 6.02. The Bertz CT molecular complexity index is 927. The summed E-state index contributed by atoms with van der Waals surface area (Å²) in [5.41, 5.74) is 7.94. The molecule has 2 aromatic heterocycles. The van der Waals surface area contributed by atoms with Crippen LogP contribution in [0, 0.1) is 6.92 Å². The second-order valence-corrected chi connectivity index (χ2v) is 5.55. The number of amides is 1. The fourth-order valence-corrected chi connectivity index (χ4v) is 2.80. The van der Waals surface area contributed by atoms with E-state index in [0.717, 1.165) is 0 Å². The van der Waals surface area contributed by atoms with Crippen LogP contribution in [0.1, 0.15) is 16.1 Å². The van der Waals surface area contributed by atoms with Crippen molar-refractivity contribution in [1.29, 1.82) is 0 Å². The lowest BCUT2D eigenvalue weighted by molar-refractivity contribution is 0.1000. The fraction of sp³-hybridized carbons (Fsp3) is 0.125. The van der Waals surface area contributed by atoms with Crippen LogP contribution < -0.4 is 15.8 Å². The number of halogens is 1. The number of nitrogens with one attached hydrogen (secondary N) is 2. The van der Waals surface area contributed by atoms with Crippen LogP contribution >= 0.6 is 11.6 Å². The van der Waals surface area contributed by atoms with Gasteiger partial charge in [0.25, 0.3) is 5.91 Å². The number of pyridine rings is 1. The maximum Gasteiger partial charge on any atom is 0.252 e. The van der Waals surface area contributed by atoms with Crippen molar-refractivity contribution in [2.75, 3.05) is 12.4 Å². The molecule has 128 valence electrons. The van der Waals surface area contributed by atoms with E-state index in [4.69, 9.17) is 22.1 Å². The molecule has 0 fully saturated rings. The number of methoxy groups -OCH3 is 1. The first-order chi connectivity index (χ1) is 12.0. The van der Waals surface area contributed by atoms with Crippen LogP contribution in [0.3, 0.4) is 0 Å². The lowest BCUT2D eigenvalue weighted by Crippen LogP contribution is -2.16. The quantitative estimate of drug-likeness (QED) is 0.603. The predicted octanol–water partition coefficient (Wildman–Crippen LogP) is 2.68. The number of ether oxygens (including phenoxy) is 1. The molecular weight excluding hydrogens is 344 g/mol. The van der Waals surface area contributed by atoms with Crippen LogP contribution in [0.5, 0.6) is 5.75 Å². The molecule has 8 nitrogen and oxygen atoms in total. The lowest BCUT2D eigenvalue weighted by atomic mass is 10.1. The van der Waals surface area contributed by atoms with E-state index in [-0.39, 0.29) is 10.7 Å². The first-order valence-corrected chi connectivity index (χ1v) is 7.65. The Morgan fingerprint density at radius 3 is 2.80 bits per heavy atom. The van der Waals surface area contributed by atoms with Crippen molar-refractivity contribution >= 4 is 28.9 Å². The van der Waals surface area contributed by atoms with Gasteiger partial charge in [-0.05, 0) is 25.1 Å². The fourth-order valence-electron chi connectivity index (χ4n) is 2.57. The minimum Gasteiger partial charge on any atom is -0.494 e. The number of hydrogen-bond donors (Lipinski definition) is 3. The van der Waals surface area contributed by atoms with E-state index in [1.807, 2.05) is 12.1 Å². The van der Waals surface area contributed by atoms with Crippen molar-refractivity contribution in [3.8, 4) is 17.1 Å². The number of nitrogens with zero attached hydrogens (tertiary/aromatic N) is 3. The molecule has 0 unspecified atom stereocenters. The van der Waals surface area contributed by atoms with Gasteiger partial charge in [-0.1, -0.05) is 17.7 Å². The molecular formula is C16H15ClN6O2. The second kappa shape index (κ2) is 6.78. The first kappa shape index (κ1) is 16.7. The maximum absolute atomic E-state index is 11.8. The van der Waals surface area contributed by atoms with Gasteiger partial charge in [0.2, 0.25) is 0 Å². The number of aromatic amines is 1. The molecule has 0 spiro atoms. The molecule has 3 rings (SSSR count). The summed E-state index contributed by atoms with van der Waals surface area (Å²) in [7, 11) is 1.54. The third-order valence-electron chi connectivity index (χ3n) is 3.57. The van der Waals surface area contributed by atoms with E-state index < -0.39 is 5.91 Å². The zero-order valence-electron chi connectivity index (χ0n) is 13.5. The standard InChI is InChI=1S/C16H15ClN6O2/c1-8-13(15(18)24)11(6-12(17)21-8)22-10-5-3-4-9(14(10)25-2)16-19-7-20-23-16/h3-7H,1-2H3,(H2,18,24)(H,21,22)(H,19,20,23). The van der Waals surface area contributed by atoms with Crippen molar-refractivity contribution < 1.29 is 9.53 Å².